The maximum absolute atomic E-state index is 12.1. The van der Waals surface area contributed by atoms with E-state index in [0.29, 0.717) is 38.0 Å². The van der Waals surface area contributed by atoms with Crippen LogP contribution < -0.4 is 16.0 Å². The van der Waals surface area contributed by atoms with Gasteiger partial charge in [0.2, 0.25) is 5.91 Å². The third-order valence-corrected chi connectivity index (χ3v) is 4.69. The highest BCUT2D eigenvalue weighted by molar-refractivity contribution is 6.00. The van der Waals surface area contributed by atoms with Gasteiger partial charge in [0, 0.05) is 30.9 Å². The molecule has 0 aliphatic heterocycles. The lowest BCUT2D eigenvalue weighted by molar-refractivity contribution is -0.138. The van der Waals surface area contributed by atoms with Gasteiger partial charge in [-0.15, -0.1) is 0 Å². The van der Waals surface area contributed by atoms with Crippen molar-refractivity contribution in [3.05, 3.63) is 59.7 Å². The van der Waals surface area contributed by atoms with Crippen LogP contribution in [0.5, 0.6) is 0 Å². The van der Waals surface area contributed by atoms with E-state index in [2.05, 4.69) is 16.0 Å². The van der Waals surface area contributed by atoms with Crippen LogP contribution in [0.4, 0.5) is 16.2 Å². The van der Waals surface area contributed by atoms with Crippen LogP contribution in [0.1, 0.15) is 24.0 Å². The summed E-state index contributed by atoms with van der Waals surface area (Å²) >= 11 is 0. The van der Waals surface area contributed by atoms with E-state index in [4.69, 9.17) is 5.11 Å². The predicted molar refractivity (Wildman–Crippen MR) is 121 cm³/mol. The lowest BCUT2D eigenvalue weighted by atomic mass is 10.1. The number of anilines is 2. The monoisotopic (exact) mass is 426 g/mol. The van der Waals surface area contributed by atoms with Crippen molar-refractivity contribution in [3.8, 4) is 0 Å². The molecule has 0 unspecified atom stereocenters. The van der Waals surface area contributed by atoms with Crippen LogP contribution >= 0.6 is 0 Å². The minimum absolute atomic E-state index is 0.00758. The number of hydrogen-bond acceptors (Lipinski definition) is 4. The molecule has 3 amide bonds. The smallest absolute Gasteiger partial charge is 0.323 e. The van der Waals surface area contributed by atoms with Crippen LogP contribution in [0.25, 0.3) is 0 Å². The summed E-state index contributed by atoms with van der Waals surface area (Å²) in [6.07, 6.45) is 1.66. The summed E-state index contributed by atoms with van der Waals surface area (Å²) in [6, 6.07) is 14.6. The number of hydrogen-bond donors (Lipinski definition) is 4. The van der Waals surface area contributed by atoms with Gasteiger partial charge in [-0.25, -0.2) is 4.79 Å². The second-order valence-electron chi connectivity index (χ2n) is 7.43. The fraction of sp³-hybridized carbons (Fsp3) is 0.348. The number of nitrogens with zero attached hydrogens (tertiary/aromatic N) is 1. The van der Waals surface area contributed by atoms with Crippen molar-refractivity contribution in [3.63, 3.8) is 0 Å². The fourth-order valence-corrected chi connectivity index (χ4v) is 2.99. The van der Waals surface area contributed by atoms with Gasteiger partial charge in [-0.2, -0.15) is 0 Å². The zero-order chi connectivity index (χ0) is 22.6. The molecule has 0 heterocycles. The van der Waals surface area contributed by atoms with Crippen LogP contribution in [-0.4, -0.2) is 54.6 Å². The van der Waals surface area contributed by atoms with Gasteiger partial charge in [0.1, 0.15) is 0 Å². The zero-order valence-corrected chi connectivity index (χ0v) is 18.0. The number of carboxylic acid groups (broad SMARTS) is 1. The normalized spacial score (nSPS) is 10.5. The third kappa shape index (κ3) is 9.31. The number of urea groups is 1. The highest BCUT2D eigenvalue weighted by Crippen LogP contribution is 2.15. The first-order valence-corrected chi connectivity index (χ1v) is 10.2. The van der Waals surface area contributed by atoms with Gasteiger partial charge in [-0.05, 0) is 56.1 Å². The standard InChI is InChI=1S/C23H30N4O4/c1-17-6-3-4-7-20(17)26-23(31)25-19-11-8-18(9-12-19)10-13-21(28)24-14-5-15-27(2)16-22(29)30/h3-4,6-9,11-12H,5,10,13-16H2,1-2H3,(H,24,28)(H,29,30)(H2,25,26,31). The average molecular weight is 427 g/mol. The molecule has 2 aromatic rings. The van der Waals surface area contributed by atoms with E-state index in [9.17, 15) is 14.4 Å². The number of benzene rings is 2. The molecule has 2 rings (SSSR count). The van der Waals surface area contributed by atoms with Crippen molar-refractivity contribution < 1.29 is 19.5 Å². The number of rotatable bonds is 11. The molecule has 2 aromatic carbocycles. The van der Waals surface area contributed by atoms with Gasteiger partial charge in [-0.1, -0.05) is 30.3 Å². The van der Waals surface area contributed by atoms with Crippen molar-refractivity contribution in [2.24, 2.45) is 0 Å². The van der Waals surface area contributed by atoms with E-state index >= 15 is 0 Å². The zero-order valence-electron chi connectivity index (χ0n) is 18.0. The van der Waals surface area contributed by atoms with Gasteiger partial charge in [-0.3, -0.25) is 14.5 Å². The summed E-state index contributed by atoms with van der Waals surface area (Å²) in [6.45, 7) is 3.05. The highest BCUT2D eigenvalue weighted by Gasteiger charge is 2.07. The lowest BCUT2D eigenvalue weighted by Gasteiger charge is -2.13. The topological polar surface area (TPSA) is 111 Å². The van der Waals surface area contributed by atoms with Crippen LogP contribution in [0.15, 0.2) is 48.5 Å². The Hall–Kier alpha value is -3.39. The Balaban J connectivity index is 1.67. The van der Waals surface area contributed by atoms with Gasteiger partial charge >= 0.3 is 12.0 Å². The average Bonchev–Trinajstić information content (AvgIpc) is 2.72. The summed E-state index contributed by atoms with van der Waals surface area (Å²) in [7, 11) is 1.74. The van der Waals surface area contributed by atoms with Gasteiger partial charge < -0.3 is 21.1 Å². The largest absolute Gasteiger partial charge is 0.480 e. The first-order valence-electron chi connectivity index (χ1n) is 10.2. The van der Waals surface area contributed by atoms with Gasteiger partial charge in [0.05, 0.1) is 6.54 Å². The fourth-order valence-electron chi connectivity index (χ4n) is 2.99. The van der Waals surface area contributed by atoms with Crippen molar-refractivity contribution >= 4 is 29.3 Å². The molecule has 0 fully saturated rings. The number of carboxylic acids is 1. The van der Waals surface area contributed by atoms with Crippen molar-refractivity contribution in [2.75, 3.05) is 37.3 Å². The Bertz CT molecular complexity index is 883. The number of aryl methyl sites for hydroxylation is 2. The van der Waals surface area contributed by atoms with E-state index in [0.717, 1.165) is 16.8 Å². The molecule has 0 saturated heterocycles. The molecule has 0 atom stereocenters. The molecule has 0 aliphatic carbocycles. The summed E-state index contributed by atoms with van der Waals surface area (Å²) < 4.78 is 0. The second-order valence-corrected chi connectivity index (χ2v) is 7.43. The quantitative estimate of drug-likeness (QED) is 0.413. The molecule has 0 radical (unpaired) electrons. The van der Waals surface area contributed by atoms with Crippen LogP contribution in [0, 0.1) is 6.92 Å². The molecule has 4 N–H and O–H groups in total. The van der Waals surface area contributed by atoms with Gasteiger partial charge in [0.25, 0.3) is 0 Å². The number of carbonyl (C=O) groups excluding carboxylic acids is 2. The molecular weight excluding hydrogens is 396 g/mol. The summed E-state index contributed by atoms with van der Waals surface area (Å²) in [5.41, 5.74) is 3.42. The van der Waals surface area contributed by atoms with E-state index < -0.39 is 5.97 Å². The Kier molecular flexibility index (Phi) is 9.51. The first-order chi connectivity index (χ1) is 14.8. The van der Waals surface area contributed by atoms with Crippen LogP contribution in [-0.2, 0) is 16.0 Å². The highest BCUT2D eigenvalue weighted by atomic mass is 16.4. The molecular formula is C23H30N4O4. The maximum Gasteiger partial charge on any atom is 0.323 e. The van der Waals surface area contributed by atoms with E-state index in [1.54, 1.807) is 11.9 Å². The molecule has 0 saturated carbocycles. The Labute approximate surface area is 182 Å². The van der Waals surface area contributed by atoms with Crippen LogP contribution in [0.2, 0.25) is 0 Å². The second kappa shape index (κ2) is 12.3. The SMILES string of the molecule is Cc1ccccc1NC(=O)Nc1ccc(CCC(=O)NCCCN(C)CC(=O)O)cc1. The molecule has 31 heavy (non-hydrogen) atoms. The molecule has 0 aliphatic rings. The summed E-state index contributed by atoms with van der Waals surface area (Å²) in [5.74, 6) is -0.902. The Morgan fingerprint density at radius 2 is 1.71 bits per heavy atom. The third-order valence-electron chi connectivity index (χ3n) is 4.69. The predicted octanol–water partition coefficient (Wildman–Crippen LogP) is 3.09. The van der Waals surface area contributed by atoms with Crippen molar-refractivity contribution in [1.82, 2.24) is 10.2 Å². The molecule has 166 valence electrons. The number of carbonyl (C=O) groups is 3. The minimum Gasteiger partial charge on any atom is -0.480 e. The number of nitrogens with one attached hydrogen (secondary N) is 3. The summed E-state index contributed by atoms with van der Waals surface area (Å²) in [4.78, 5) is 36.4. The lowest BCUT2D eigenvalue weighted by Crippen LogP contribution is -2.30. The van der Waals surface area contributed by atoms with Gasteiger partial charge in [0.15, 0.2) is 0 Å². The number of amides is 3. The Morgan fingerprint density at radius 1 is 1.00 bits per heavy atom. The van der Waals surface area contributed by atoms with Crippen LogP contribution in [0.3, 0.4) is 0 Å². The van der Waals surface area contributed by atoms with E-state index in [1.165, 1.54) is 0 Å². The molecule has 0 aromatic heterocycles. The summed E-state index contributed by atoms with van der Waals surface area (Å²) in [5, 5.41) is 17.2. The van der Waals surface area contributed by atoms with Crippen molar-refractivity contribution in [1.29, 1.82) is 0 Å². The molecule has 8 nitrogen and oxygen atoms in total. The maximum atomic E-state index is 12.1. The molecule has 0 spiro atoms. The van der Waals surface area contributed by atoms with E-state index in [1.807, 2.05) is 55.5 Å². The first kappa shape index (κ1) is 23.9. The number of para-hydroxylation sites is 1. The van der Waals surface area contributed by atoms with E-state index in [-0.39, 0.29) is 18.5 Å². The molecule has 0 bridgehead atoms. The minimum atomic E-state index is -0.861. The number of likely N-dealkylation sites (N-methyl/N-ethyl adjacent to an activating group) is 1. The Morgan fingerprint density at radius 3 is 2.39 bits per heavy atom. The number of aliphatic carboxylic acids is 1. The molecule has 8 heteroatoms. The van der Waals surface area contributed by atoms with Crippen molar-refractivity contribution in [2.45, 2.75) is 26.2 Å².